The second kappa shape index (κ2) is 15.3. The molecule has 0 heterocycles. The van der Waals surface area contributed by atoms with Gasteiger partial charge in [-0.25, -0.2) is 12.6 Å². The minimum Gasteiger partial charge on any atom is -0.415 e. The lowest BCUT2D eigenvalue weighted by molar-refractivity contribution is 0.162. The van der Waals surface area contributed by atoms with Crippen molar-refractivity contribution in [1.82, 2.24) is 4.31 Å². The van der Waals surface area contributed by atoms with Crippen LogP contribution in [0.2, 0.25) is 36.3 Å². The Labute approximate surface area is 269 Å². The van der Waals surface area contributed by atoms with Crippen LogP contribution in [-0.2, 0) is 36.5 Å². The Bertz CT molecular complexity index is 1180. The minimum absolute atomic E-state index is 0.00504. The predicted octanol–water partition coefficient (Wildman–Crippen LogP) is 8.70. The van der Waals surface area contributed by atoms with E-state index in [1.54, 1.807) is 22.7 Å². The van der Waals surface area contributed by atoms with Crippen molar-refractivity contribution in [2.75, 3.05) is 6.61 Å². The second-order valence-corrected chi connectivity index (χ2v) is 29.3. The van der Waals surface area contributed by atoms with Crippen LogP contribution in [0.3, 0.4) is 0 Å². The van der Waals surface area contributed by atoms with Gasteiger partial charge in [0.25, 0.3) is 0 Å². The molecule has 0 amide bonds. The van der Waals surface area contributed by atoms with Gasteiger partial charge in [-0.05, 0) is 108 Å². The Balaban J connectivity index is 3.27. The molecular weight excluding hydrogens is 613 g/mol. The van der Waals surface area contributed by atoms with Gasteiger partial charge < -0.3 is 8.85 Å². The Kier molecular flexibility index (Phi) is 14.3. The van der Waals surface area contributed by atoms with Gasteiger partial charge in [-0.1, -0.05) is 53.7 Å². The zero-order valence-corrected chi connectivity index (χ0v) is 33.5. The molecule has 0 N–H and O–H groups in total. The fourth-order valence-electron chi connectivity index (χ4n) is 3.78. The van der Waals surface area contributed by atoms with Gasteiger partial charge in [0, 0.05) is 18.3 Å². The van der Waals surface area contributed by atoms with Gasteiger partial charge in [-0.15, -0.1) is 0 Å². The van der Waals surface area contributed by atoms with E-state index in [1.165, 1.54) is 0 Å². The van der Waals surface area contributed by atoms with Crippen LogP contribution >= 0.6 is 0 Å². The number of sulfonamides is 1. The van der Waals surface area contributed by atoms with Gasteiger partial charge in [0.05, 0.1) is 22.9 Å². The summed E-state index contributed by atoms with van der Waals surface area (Å²) >= 11 is 0. The van der Waals surface area contributed by atoms with E-state index in [1.807, 2.05) is 46.8 Å². The average molecular weight is 675 g/mol. The van der Waals surface area contributed by atoms with Crippen molar-refractivity contribution in [2.45, 2.75) is 160 Å². The van der Waals surface area contributed by atoms with Crippen molar-refractivity contribution in [1.29, 1.82) is 0 Å². The summed E-state index contributed by atoms with van der Waals surface area (Å²) in [6.45, 7) is 32.3. The van der Waals surface area contributed by atoms with Crippen LogP contribution in [0.15, 0.2) is 33.6 Å². The van der Waals surface area contributed by atoms with Crippen LogP contribution in [-0.4, -0.2) is 63.2 Å². The molecule has 0 aliphatic rings. The van der Waals surface area contributed by atoms with Crippen LogP contribution in [0.4, 0.5) is 0 Å². The zero-order valence-electron chi connectivity index (χ0n) is 29.8. The van der Waals surface area contributed by atoms with E-state index in [-0.39, 0.29) is 27.1 Å². The quantitative estimate of drug-likeness (QED) is 0.106. The van der Waals surface area contributed by atoms with E-state index in [4.69, 9.17) is 8.85 Å². The summed E-state index contributed by atoms with van der Waals surface area (Å²) in [5.74, 6) is 0. The van der Waals surface area contributed by atoms with Crippen LogP contribution < -0.4 is 0 Å². The van der Waals surface area contributed by atoms with E-state index >= 15 is 0 Å². The Morgan fingerprint density at radius 2 is 1.37 bits per heavy atom. The summed E-state index contributed by atoms with van der Waals surface area (Å²) in [6, 6.07) is 6.53. The number of hydrogen-bond acceptors (Lipinski definition) is 5. The van der Waals surface area contributed by atoms with Crippen LogP contribution in [0.25, 0.3) is 0 Å². The van der Waals surface area contributed by atoms with E-state index in [2.05, 4.69) is 72.1 Å². The summed E-state index contributed by atoms with van der Waals surface area (Å²) in [4.78, 5) is 0.275. The van der Waals surface area contributed by atoms with Gasteiger partial charge in [0.15, 0.2) is 16.6 Å². The van der Waals surface area contributed by atoms with E-state index < -0.39 is 42.4 Å². The maximum atomic E-state index is 14.2. The summed E-state index contributed by atoms with van der Waals surface area (Å²) in [5, 5.41) is 0.107. The first kappa shape index (κ1) is 40.3. The monoisotopic (exact) mass is 674 g/mol. The molecule has 0 saturated heterocycles. The third kappa shape index (κ3) is 11.9. The largest absolute Gasteiger partial charge is 0.415 e. The lowest BCUT2D eigenvalue weighted by atomic mass is 10.1. The highest BCUT2D eigenvalue weighted by Crippen LogP contribution is 2.38. The van der Waals surface area contributed by atoms with E-state index in [0.717, 1.165) is 5.56 Å². The molecule has 0 spiro atoms. The average Bonchev–Trinajstić information content (AvgIpc) is 2.83. The van der Waals surface area contributed by atoms with Crippen molar-refractivity contribution in [3.8, 4) is 0 Å². The fourth-order valence-corrected chi connectivity index (χ4v) is 8.18. The molecule has 11 heteroatoms. The van der Waals surface area contributed by atoms with Gasteiger partial charge in [0.1, 0.15) is 11.0 Å². The lowest BCUT2D eigenvalue weighted by Gasteiger charge is -2.40. The first-order chi connectivity index (χ1) is 19.2. The highest BCUT2D eigenvalue weighted by atomic mass is 32.2. The SMILES string of the molecule is CC(C)N([C@@H](CCCC=N[S@@](=O)C(C)(C)C)CO[Si](C)(C)C(C)(C)C)S(=O)(=O)c1ccc(CO[Si](C)(C)C(C)(C)C)cc1. The van der Waals surface area contributed by atoms with Crippen LogP contribution in [0.5, 0.6) is 0 Å². The summed E-state index contributed by atoms with van der Waals surface area (Å²) < 4.78 is 59.1. The van der Waals surface area contributed by atoms with E-state index in [9.17, 15) is 12.6 Å². The Morgan fingerprint density at radius 1 is 0.884 bits per heavy atom. The maximum Gasteiger partial charge on any atom is 0.243 e. The third-order valence-electron chi connectivity index (χ3n) is 8.78. The molecule has 1 aromatic carbocycles. The maximum absolute atomic E-state index is 14.2. The third-order valence-corrected chi connectivity index (χ3v) is 21.3. The zero-order chi connectivity index (χ0) is 33.7. The number of unbranched alkanes of at least 4 members (excludes halogenated alkanes) is 1. The molecule has 1 aromatic rings. The molecule has 0 unspecified atom stereocenters. The molecule has 250 valence electrons. The molecule has 0 bridgehead atoms. The van der Waals surface area contributed by atoms with Gasteiger partial charge >= 0.3 is 0 Å². The molecule has 1 rings (SSSR count). The lowest BCUT2D eigenvalue weighted by Crippen LogP contribution is -2.50. The first-order valence-corrected chi connectivity index (χ1v) is 24.0. The van der Waals surface area contributed by atoms with Gasteiger partial charge in [-0.2, -0.15) is 8.70 Å². The molecule has 0 aromatic heterocycles. The minimum atomic E-state index is -3.81. The van der Waals surface area contributed by atoms with E-state index in [0.29, 0.717) is 32.5 Å². The fraction of sp³-hybridized carbons (Fsp3) is 0.781. The number of nitrogens with zero attached hydrogens (tertiary/aromatic N) is 2. The molecule has 0 radical (unpaired) electrons. The van der Waals surface area contributed by atoms with Crippen molar-refractivity contribution < 1.29 is 21.5 Å². The number of hydrogen-bond donors (Lipinski definition) is 0. The van der Waals surface area contributed by atoms with Crippen molar-refractivity contribution in [3.05, 3.63) is 29.8 Å². The molecule has 0 fully saturated rings. The highest BCUT2D eigenvalue weighted by Gasteiger charge is 2.40. The molecule has 0 saturated carbocycles. The molecule has 0 aliphatic heterocycles. The number of benzene rings is 1. The van der Waals surface area contributed by atoms with Crippen LogP contribution in [0.1, 0.15) is 101 Å². The summed E-state index contributed by atoms with van der Waals surface area (Å²) in [6.07, 6.45) is 3.65. The topological polar surface area (TPSA) is 85.3 Å². The molecule has 7 nitrogen and oxygen atoms in total. The van der Waals surface area contributed by atoms with Gasteiger partial charge in [0.2, 0.25) is 10.0 Å². The smallest absolute Gasteiger partial charge is 0.243 e. The Hall–Kier alpha value is -0.696. The van der Waals surface area contributed by atoms with Crippen molar-refractivity contribution in [3.63, 3.8) is 0 Å². The van der Waals surface area contributed by atoms with Crippen LogP contribution in [0, 0.1) is 0 Å². The van der Waals surface area contributed by atoms with Gasteiger partial charge in [-0.3, -0.25) is 0 Å². The normalized spacial score (nSPS) is 15.9. The molecular formula is C32H62N2O5S2Si2. The Morgan fingerprint density at radius 3 is 1.81 bits per heavy atom. The molecule has 43 heavy (non-hydrogen) atoms. The summed E-state index contributed by atoms with van der Waals surface area (Å²) in [5.41, 5.74) is 0.963. The second-order valence-electron chi connectivity index (χ2n) is 15.9. The molecule has 2 atom stereocenters. The predicted molar refractivity (Wildman–Crippen MR) is 190 cm³/mol. The summed E-state index contributed by atoms with van der Waals surface area (Å²) in [7, 11) is -9.16. The molecule has 0 aliphatic carbocycles. The first-order valence-electron chi connectivity index (χ1n) is 15.6. The van der Waals surface area contributed by atoms with Crippen molar-refractivity contribution in [2.24, 2.45) is 4.40 Å². The highest BCUT2D eigenvalue weighted by molar-refractivity contribution is 7.89. The van der Waals surface area contributed by atoms with Crippen molar-refractivity contribution >= 4 is 43.9 Å². The standard InChI is InChI=1S/C32H62N2O5S2Si2/c1-26(2)34(41(36,37)29-21-19-27(20-22-29)24-38-42(12,13)31(6,7)8)28(25-39-43(14,15)32(9,10)11)18-16-17-23-33-40(35)30(3,4)5/h19-23,26,28H,16-18,24-25H2,1-15H3/t28-,40-/m0/s1. The number of rotatable bonds is 15.